The first-order valence-electron chi connectivity index (χ1n) is 12.9. The van der Waals surface area contributed by atoms with Crippen molar-refractivity contribution in [3.63, 3.8) is 0 Å². The minimum atomic E-state index is -2.09. The van der Waals surface area contributed by atoms with Crippen molar-refractivity contribution in [3.05, 3.63) is 23.8 Å². The van der Waals surface area contributed by atoms with Crippen molar-refractivity contribution < 1.29 is 35.7 Å². The average molecular weight is 481 g/mol. The first-order valence-corrected chi connectivity index (χ1v) is 12.9. The summed E-state index contributed by atoms with van der Waals surface area (Å²) in [6, 6.07) is 0. The van der Waals surface area contributed by atoms with Crippen LogP contribution in [0.1, 0.15) is 66.2 Å². The van der Waals surface area contributed by atoms with Gasteiger partial charge in [0.25, 0.3) is 0 Å². The molecule has 0 aromatic carbocycles. The molecular weight excluding hydrogens is 436 g/mol. The standard InChI is InChI=1S/C27H44O7/c1-15(2)6-5-7-16(3)17-8-9-18-19-10-22(31)26(33)12-21(30)20(29)11-25(26,14-28)27(19,34)23(32)13-24(17,18)4/h5,7,10,15-18,20-23,28-34H,6,8-9,11-14H2,1-4H3/b7-5+/t16-,17-,18?,20-,21-,22-,23-,24-,25-,26+,27+/m1/s1. The minimum Gasteiger partial charge on any atom is -0.396 e. The molecule has 0 spiro atoms. The highest BCUT2D eigenvalue weighted by molar-refractivity contribution is 5.43. The van der Waals surface area contributed by atoms with Crippen molar-refractivity contribution in [2.75, 3.05) is 6.61 Å². The lowest BCUT2D eigenvalue weighted by molar-refractivity contribution is -0.310. The van der Waals surface area contributed by atoms with Gasteiger partial charge in [-0.05, 0) is 66.8 Å². The molecule has 0 aliphatic heterocycles. The van der Waals surface area contributed by atoms with Crippen molar-refractivity contribution >= 4 is 0 Å². The lowest BCUT2D eigenvalue weighted by Crippen LogP contribution is -2.79. The molecule has 11 atom stereocenters. The normalized spacial score (nSPS) is 51.7. The summed E-state index contributed by atoms with van der Waals surface area (Å²) < 4.78 is 0. The molecule has 3 saturated carbocycles. The molecule has 4 aliphatic rings. The number of aliphatic hydroxyl groups is 7. The van der Waals surface area contributed by atoms with Crippen molar-refractivity contribution in [2.45, 2.75) is 102 Å². The lowest BCUT2D eigenvalue weighted by Gasteiger charge is -2.67. The summed E-state index contributed by atoms with van der Waals surface area (Å²) in [5, 5.41) is 77.9. The zero-order chi connectivity index (χ0) is 25.3. The maximum atomic E-state index is 12.2. The van der Waals surface area contributed by atoms with Crippen LogP contribution in [0.4, 0.5) is 0 Å². The lowest BCUT2D eigenvalue weighted by atomic mass is 9.42. The quantitative estimate of drug-likeness (QED) is 0.294. The van der Waals surface area contributed by atoms with Gasteiger partial charge < -0.3 is 35.7 Å². The largest absolute Gasteiger partial charge is 0.396 e. The molecule has 34 heavy (non-hydrogen) atoms. The van der Waals surface area contributed by atoms with Crippen LogP contribution in [0.25, 0.3) is 0 Å². The Morgan fingerprint density at radius 3 is 2.26 bits per heavy atom. The van der Waals surface area contributed by atoms with Gasteiger partial charge >= 0.3 is 0 Å². The summed E-state index contributed by atoms with van der Waals surface area (Å²) >= 11 is 0. The van der Waals surface area contributed by atoms with E-state index in [1.807, 2.05) is 0 Å². The summed E-state index contributed by atoms with van der Waals surface area (Å²) in [4.78, 5) is 0. The van der Waals surface area contributed by atoms with Gasteiger partial charge in [0.05, 0.1) is 30.3 Å². The Labute approximate surface area is 202 Å². The third-order valence-corrected chi connectivity index (χ3v) is 10.2. The number of fused-ring (bicyclic) bond motifs is 5. The SMILES string of the molecule is CC(C)C/C=C/[C@@H](C)[C@H]1CCC2C3=C[C@@H](O)[C@@]4(O)C[C@@H](O)[C@H](O)C[C@]4(CO)[C@@]3(O)[C@H](O)C[C@@]21C. The molecule has 0 radical (unpaired) electrons. The maximum absolute atomic E-state index is 12.2. The van der Waals surface area contributed by atoms with E-state index in [-0.39, 0.29) is 36.0 Å². The topological polar surface area (TPSA) is 142 Å². The maximum Gasteiger partial charge on any atom is 0.123 e. The number of allylic oxidation sites excluding steroid dienone is 2. The fraction of sp³-hybridized carbons (Fsp3) is 0.852. The van der Waals surface area contributed by atoms with Gasteiger partial charge in [-0.1, -0.05) is 45.9 Å². The monoisotopic (exact) mass is 480 g/mol. The Morgan fingerprint density at radius 2 is 1.65 bits per heavy atom. The highest BCUT2D eigenvalue weighted by atomic mass is 16.4. The van der Waals surface area contributed by atoms with Crippen molar-refractivity contribution in [2.24, 2.45) is 34.5 Å². The van der Waals surface area contributed by atoms with E-state index in [0.29, 0.717) is 11.5 Å². The van der Waals surface area contributed by atoms with Gasteiger partial charge in [-0.3, -0.25) is 0 Å². The molecule has 3 fully saturated rings. The zero-order valence-electron chi connectivity index (χ0n) is 20.9. The molecule has 7 heteroatoms. The van der Waals surface area contributed by atoms with Crippen LogP contribution in [0.5, 0.6) is 0 Å². The summed E-state index contributed by atoms with van der Waals surface area (Å²) in [7, 11) is 0. The third kappa shape index (κ3) is 3.35. The van der Waals surface area contributed by atoms with Gasteiger partial charge in [-0.15, -0.1) is 0 Å². The predicted octanol–water partition coefficient (Wildman–Crippen LogP) is 1.28. The van der Waals surface area contributed by atoms with Crippen LogP contribution in [-0.2, 0) is 0 Å². The molecule has 0 amide bonds. The summed E-state index contributed by atoms with van der Waals surface area (Å²) in [5.41, 5.74) is -5.78. The Hall–Kier alpha value is -0.800. The van der Waals surface area contributed by atoms with Crippen LogP contribution >= 0.6 is 0 Å². The number of hydrogen-bond acceptors (Lipinski definition) is 7. The van der Waals surface area contributed by atoms with Gasteiger partial charge in [-0.25, -0.2) is 0 Å². The van der Waals surface area contributed by atoms with Crippen LogP contribution < -0.4 is 0 Å². The van der Waals surface area contributed by atoms with Crippen LogP contribution in [0, 0.1) is 34.5 Å². The fourth-order valence-electron chi connectivity index (χ4n) is 8.33. The molecule has 0 aromatic rings. The van der Waals surface area contributed by atoms with Gasteiger partial charge in [0.1, 0.15) is 17.3 Å². The van der Waals surface area contributed by atoms with E-state index in [9.17, 15) is 35.7 Å². The van der Waals surface area contributed by atoms with E-state index >= 15 is 0 Å². The van der Waals surface area contributed by atoms with E-state index in [2.05, 4.69) is 39.8 Å². The van der Waals surface area contributed by atoms with E-state index in [0.717, 1.165) is 19.3 Å². The molecule has 7 nitrogen and oxygen atoms in total. The minimum absolute atomic E-state index is 0.140. The Morgan fingerprint density at radius 1 is 1.00 bits per heavy atom. The Kier molecular flexibility index (Phi) is 6.68. The second-order valence-corrected chi connectivity index (χ2v) is 12.4. The highest BCUT2D eigenvalue weighted by Gasteiger charge is 2.76. The Balaban J connectivity index is 1.77. The number of rotatable bonds is 5. The average Bonchev–Trinajstić information content (AvgIpc) is 3.09. The Bertz CT molecular complexity index is 841. The van der Waals surface area contributed by atoms with E-state index in [1.54, 1.807) is 0 Å². The van der Waals surface area contributed by atoms with Crippen LogP contribution in [-0.4, -0.2) is 78.0 Å². The second kappa shape index (κ2) is 8.65. The predicted molar refractivity (Wildman–Crippen MR) is 127 cm³/mol. The van der Waals surface area contributed by atoms with Crippen molar-refractivity contribution in [1.29, 1.82) is 0 Å². The molecule has 0 aromatic heterocycles. The second-order valence-electron chi connectivity index (χ2n) is 12.4. The summed E-state index contributed by atoms with van der Waals surface area (Å²) in [5.74, 6) is 0.978. The van der Waals surface area contributed by atoms with Crippen molar-refractivity contribution in [1.82, 2.24) is 0 Å². The molecule has 194 valence electrons. The van der Waals surface area contributed by atoms with Gasteiger partial charge in [-0.2, -0.15) is 0 Å². The van der Waals surface area contributed by atoms with Crippen LogP contribution in [0.15, 0.2) is 23.8 Å². The summed E-state index contributed by atoms with van der Waals surface area (Å²) in [6.45, 7) is 7.96. The molecular formula is C27H44O7. The molecule has 4 aliphatic carbocycles. The first kappa shape index (κ1) is 26.3. The molecule has 4 rings (SSSR count). The number of aliphatic hydroxyl groups excluding tert-OH is 5. The van der Waals surface area contributed by atoms with Crippen LogP contribution in [0.2, 0.25) is 0 Å². The molecule has 0 heterocycles. The molecule has 1 unspecified atom stereocenters. The zero-order valence-corrected chi connectivity index (χ0v) is 20.9. The highest BCUT2D eigenvalue weighted by Crippen LogP contribution is 2.69. The third-order valence-electron chi connectivity index (χ3n) is 10.2. The molecule has 0 bridgehead atoms. The van der Waals surface area contributed by atoms with E-state index in [4.69, 9.17) is 0 Å². The number of hydrogen-bond donors (Lipinski definition) is 7. The van der Waals surface area contributed by atoms with Gasteiger partial charge in [0, 0.05) is 6.42 Å². The fourth-order valence-corrected chi connectivity index (χ4v) is 8.33. The van der Waals surface area contributed by atoms with E-state index in [1.165, 1.54) is 6.08 Å². The van der Waals surface area contributed by atoms with Crippen molar-refractivity contribution in [3.8, 4) is 0 Å². The summed E-state index contributed by atoms with van der Waals surface area (Å²) in [6.07, 6.45) is 2.80. The molecule has 7 N–H and O–H groups in total. The molecule has 0 saturated heterocycles. The first-order chi connectivity index (χ1) is 15.8. The van der Waals surface area contributed by atoms with Gasteiger partial charge in [0.15, 0.2) is 0 Å². The van der Waals surface area contributed by atoms with Gasteiger partial charge in [0.2, 0.25) is 0 Å². The van der Waals surface area contributed by atoms with E-state index < -0.39 is 54.1 Å². The smallest absolute Gasteiger partial charge is 0.123 e. The van der Waals surface area contributed by atoms with Crippen LogP contribution in [0.3, 0.4) is 0 Å².